The summed E-state index contributed by atoms with van der Waals surface area (Å²) in [7, 11) is 0. The Morgan fingerprint density at radius 1 is 1.30 bits per heavy atom. The minimum atomic E-state index is -0.503. The first-order valence-corrected chi connectivity index (χ1v) is 7.30. The van der Waals surface area contributed by atoms with Crippen LogP contribution in [0.5, 0.6) is 5.75 Å². The van der Waals surface area contributed by atoms with Gasteiger partial charge in [0.2, 0.25) is 0 Å². The summed E-state index contributed by atoms with van der Waals surface area (Å²) < 4.78 is 5.63. The lowest BCUT2D eigenvalue weighted by Crippen LogP contribution is -2.14. The second-order valence-electron chi connectivity index (χ2n) is 4.73. The summed E-state index contributed by atoms with van der Waals surface area (Å²) in [6, 6.07) is 14.4. The zero-order valence-corrected chi connectivity index (χ0v) is 12.8. The van der Waals surface area contributed by atoms with Crippen LogP contribution in [0.1, 0.15) is 18.9 Å². The first-order chi connectivity index (χ1) is 11.2. The van der Waals surface area contributed by atoms with E-state index in [4.69, 9.17) is 4.74 Å². The minimum Gasteiger partial charge on any atom is -0.493 e. The summed E-state index contributed by atoms with van der Waals surface area (Å²) in [6.45, 7) is 2.59. The van der Waals surface area contributed by atoms with Crippen molar-refractivity contribution in [2.24, 2.45) is 0 Å². The van der Waals surface area contributed by atoms with Gasteiger partial charge in [-0.3, -0.25) is 4.79 Å². The van der Waals surface area contributed by atoms with Gasteiger partial charge in [-0.05, 0) is 30.7 Å². The maximum atomic E-state index is 12.2. The van der Waals surface area contributed by atoms with Gasteiger partial charge < -0.3 is 10.1 Å². The Balaban J connectivity index is 2.22. The number of hydrogen-bond acceptors (Lipinski definition) is 4. The molecule has 1 heterocycles. The Kier molecular flexibility index (Phi) is 5.89. The maximum Gasteiger partial charge on any atom is 0.267 e. The molecule has 0 radical (unpaired) electrons. The number of carbonyl (C=O) groups is 1. The number of carbonyl (C=O) groups excluding carboxylic acids is 1. The standard InChI is InChI=1S/C18H17N3O2/c1-2-11-23-16-8-4-3-7-14(16)12-15(13-19)18(22)21-17-9-5-6-10-20-17/h3-10,12H,2,11H2,1H3,(H,20,21,22)/b15-12+. The molecule has 0 spiro atoms. The van der Waals surface area contributed by atoms with Gasteiger partial charge in [-0.15, -0.1) is 0 Å². The number of amides is 1. The molecule has 5 heteroatoms. The number of para-hydroxylation sites is 1. The molecule has 116 valence electrons. The van der Waals surface area contributed by atoms with Crippen LogP contribution < -0.4 is 10.1 Å². The highest BCUT2D eigenvalue weighted by molar-refractivity contribution is 6.09. The topological polar surface area (TPSA) is 75.0 Å². The number of rotatable bonds is 6. The zero-order chi connectivity index (χ0) is 16.5. The molecule has 23 heavy (non-hydrogen) atoms. The Morgan fingerprint density at radius 3 is 2.78 bits per heavy atom. The molecular formula is C18H17N3O2. The molecule has 2 aromatic rings. The SMILES string of the molecule is CCCOc1ccccc1/C=C(\C#N)C(=O)Nc1ccccn1. The zero-order valence-electron chi connectivity index (χ0n) is 12.8. The Morgan fingerprint density at radius 2 is 2.09 bits per heavy atom. The van der Waals surface area contributed by atoms with Crippen LogP contribution in [0.2, 0.25) is 0 Å². The Bertz CT molecular complexity index is 733. The average molecular weight is 307 g/mol. The van der Waals surface area contributed by atoms with Crippen LogP contribution in [0.3, 0.4) is 0 Å². The minimum absolute atomic E-state index is 0.0109. The van der Waals surface area contributed by atoms with Crippen LogP contribution in [0.25, 0.3) is 6.08 Å². The highest BCUT2D eigenvalue weighted by Crippen LogP contribution is 2.21. The van der Waals surface area contributed by atoms with E-state index in [0.717, 1.165) is 6.42 Å². The molecule has 0 bridgehead atoms. The second-order valence-corrected chi connectivity index (χ2v) is 4.73. The summed E-state index contributed by atoms with van der Waals surface area (Å²) in [5.74, 6) is 0.540. The lowest BCUT2D eigenvalue weighted by Gasteiger charge is -2.08. The van der Waals surface area contributed by atoms with Gasteiger partial charge >= 0.3 is 0 Å². The highest BCUT2D eigenvalue weighted by atomic mass is 16.5. The van der Waals surface area contributed by atoms with Gasteiger partial charge in [-0.1, -0.05) is 31.2 Å². The van der Waals surface area contributed by atoms with E-state index in [0.29, 0.717) is 23.7 Å². The summed E-state index contributed by atoms with van der Waals surface area (Å²) in [6.07, 6.45) is 3.96. The Labute approximate surface area is 135 Å². The van der Waals surface area contributed by atoms with Gasteiger partial charge in [0.1, 0.15) is 23.2 Å². The van der Waals surface area contributed by atoms with E-state index in [-0.39, 0.29) is 5.57 Å². The smallest absolute Gasteiger partial charge is 0.267 e. The van der Waals surface area contributed by atoms with Gasteiger partial charge in [-0.2, -0.15) is 5.26 Å². The van der Waals surface area contributed by atoms with Crippen molar-refractivity contribution in [3.8, 4) is 11.8 Å². The molecule has 1 amide bonds. The third kappa shape index (κ3) is 4.68. The second kappa shape index (κ2) is 8.35. The normalized spacial score (nSPS) is 10.7. The molecule has 0 unspecified atom stereocenters. The molecule has 5 nitrogen and oxygen atoms in total. The third-order valence-electron chi connectivity index (χ3n) is 2.95. The van der Waals surface area contributed by atoms with E-state index in [2.05, 4.69) is 10.3 Å². The third-order valence-corrected chi connectivity index (χ3v) is 2.95. The first kappa shape index (κ1) is 16.2. The fourth-order valence-corrected chi connectivity index (χ4v) is 1.87. The highest BCUT2D eigenvalue weighted by Gasteiger charge is 2.11. The van der Waals surface area contributed by atoms with Gasteiger partial charge in [0.15, 0.2) is 0 Å². The van der Waals surface area contributed by atoms with Crippen molar-refractivity contribution < 1.29 is 9.53 Å². The van der Waals surface area contributed by atoms with Crippen molar-refractivity contribution in [3.63, 3.8) is 0 Å². The number of ether oxygens (including phenoxy) is 1. The number of nitriles is 1. The summed E-state index contributed by atoms with van der Waals surface area (Å²) in [5, 5.41) is 11.9. The van der Waals surface area contributed by atoms with E-state index < -0.39 is 5.91 Å². The van der Waals surface area contributed by atoms with E-state index in [1.807, 2.05) is 31.2 Å². The van der Waals surface area contributed by atoms with E-state index in [1.165, 1.54) is 6.08 Å². The fraction of sp³-hybridized carbons (Fsp3) is 0.167. The summed E-state index contributed by atoms with van der Waals surface area (Å²) in [4.78, 5) is 16.2. The molecule has 1 aromatic carbocycles. The van der Waals surface area contributed by atoms with Gasteiger partial charge in [0, 0.05) is 11.8 Å². The van der Waals surface area contributed by atoms with Crippen molar-refractivity contribution >= 4 is 17.8 Å². The number of nitrogens with zero attached hydrogens (tertiary/aromatic N) is 2. The Hall–Kier alpha value is -3.13. The molecule has 0 atom stereocenters. The van der Waals surface area contributed by atoms with Gasteiger partial charge in [-0.25, -0.2) is 4.98 Å². The molecule has 1 N–H and O–H groups in total. The monoisotopic (exact) mass is 307 g/mol. The number of benzene rings is 1. The number of hydrogen-bond donors (Lipinski definition) is 1. The molecule has 0 aliphatic rings. The lowest BCUT2D eigenvalue weighted by molar-refractivity contribution is -0.112. The van der Waals surface area contributed by atoms with Crippen LogP contribution in [-0.2, 0) is 4.79 Å². The number of pyridine rings is 1. The van der Waals surface area contributed by atoms with Crippen LogP contribution >= 0.6 is 0 Å². The van der Waals surface area contributed by atoms with Crippen LogP contribution in [0.4, 0.5) is 5.82 Å². The van der Waals surface area contributed by atoms with Crippen LogP contribution in [0.15, 0.2) is 54.2 Å². The van der Waals surface area contributed by atoms with Gasteiger partial charge in [0.25, 0.3) is 5.91 Å². The van der Waals surface area contributed by atoms with Crippen LogP contribution in [-0.4, -0.2) is 17.5 Å². The van der Waals surface area contributed by atoms with Gasteiger partial charge in [0.05, 0.1) is 6.61 Å². The van der Waals surface area contributed by atoms with E-state index >= 15 is 0 Å². The average Bonchev–Trinajstić information content (AvgIpc) is 2.59. The van der Waals surface area contributed by atoms with Crippen molar-refractivity contribution in [1.82, 2.24) is 4.98 Å². The number of anilines is 1. The maximum absolute atomic E-state index is 12.2. The molecule has 0 saturated heterocycles. The fourth-order valence-electron chi connectivity index (χ4n) is 1.87. The number of aromatic nitrogens is 1. The summed E-state index contributed by atoms with van der Waals surface area (Å²) in [5.41, 5.74) is 0.678. The summed E-state index contributed by atoms with van der Waals surface area (Å²) >= 11 is 0. The predicted octanol–water partition coefficient (Wildman–Crippen LogP) is 3.42. The van der Waals surface area contributed by atoms with Crippen molar-refractivity contribution in [1.29, 1.82) is 5.26 Å². The predicted molar refractivity (Wildman–Crippen MR) is 88.7 cm³/mol. The molecule has 1 aromatic heterocycles. The molecule has 0 aliphatic heterocycles. The first-order valence-electron chi connectivity index (χ1n) is 7.30. The molecule has 0 saturated carbocycles. The van der Waals surface area contributed by atoms with Crippen molar-refractivity contribution in [2.45, 2.75) is 13.3 Å². The lowest BCUT2D eigenvalue weighted by atomic mass is 10.1. The molecular weight excluding hydrogens is 290 g/mol. The quantitative estimate of drug-likeness (QED) is 0.655. The molecule has 0 fully saturated rings. The number of nitrogens with one attached hydrogen (secondary N) is 1. The van der Waals surface area contributed by atoms with E-state index in [1.54, 1.807) is 30.5 Å². The largest absolute Gasteiger partial charge is 0.493 e. The van der Waals surface area contributed by atoms with Crippen molar-refractivity contribution in [3.05, 3.63) is 59.8 Å². The molecule has 0 aliphatic carbocycles. The van der Waals surface area contributed by atoms with Crippen LogP contribution in [0, 0.1) is 11.3 Å². The molecule has 2 rings (SSSR count). The van der Waals surface area contributed by atoms with E-state index in [9.17, 15) is 10.1 Å². The van der Waals surface area contributed by atoms with Crippen molar-refractivity contribution in [2.75, 3.05) is 11.9 Å².